The average molecular weight is 334 g/mol. The van der Waals surface area contributed by atoms with Gasteiger partial charge < -0.3 is 41.9 Å². The van der Waals surface area contributed by atoms with Crippen molar-refractivity contribution in [1.29, 1.82) is 0 Å². The van der Waals surface area contributed by atoms with Crippen LogP contribution in [0.5, 0.6) is 0 Å². The van der Waals surface area contributed by atoms with Crippen molar-refractivity contribution in [2.75, 3.05) is 6.61 Å². The molecule has 6 atom stereocenters. The molecule has 1 fully saturated rings. The number of amides is 1. The number of nitrogens with zero attached hydrogens (tertiary/aromatic N) is 1. The van der Waals surface area contributed by atoms with Gasteiger partial charge in [0.2, 0.25) is 5.91 Å². The van der Waals surface area contributed by atoms with Crippen molar-refractivity contribution in [3.05, 3.63) is 0 Å². The third-order valence-electron chi connectivity index (χ3n) is 3.42. The van der Waals surface area contributed by atoms with Crippen molar-refractivity contribution in [3.8, 4) is 0 Å². The molecule has 0 spiro atoms. The van der Waals surface area contributed by atoms with Crippen molar-refractivity contribution >= 4 is 17.8 Å². The quantitative estimate of drug-likeness (QED) is 0.187. The molecule has 1 aliphatic rings. The molecule has 0 aliphatic carbocycles. The fourth-order valence-corrected chi connectivity index (χ4v) is 2.43. The minimum Gasteiger partial charge on any atom is -0.479 e. The Bertz CT molecular complexity index is 468. The van der Waals surface area contributed by atoms with Crippen LogP contribution in [0.15, 0.2) is 4.99 Å². The molecule has 11 nitrogen and oxygen atoms in total. The average Bonchev–Trinajstić information content (AvgIpc) is 2.45. The number of hydrogen-bond donors (Lipinski definition) is 7. The van der Waals surface area contributed by atoms with Crippen molar-refractivity contribution < 1.29 is 34.8 Å². The zero-order chi connectivity index (χ0) is 17.7. The molecule has 11 heteroatoms. The number of guanidine groups is 1. The van der Waals surface area contributed by atoms with Gasteiger partial charge in [0.15, 0.2) is 12.1 Å². The molecular weight excluding hydrogens is 312 g/mol. The predicted octanol–water partition coefficient (Wildman–Crippen LogP) is -3.91. The number of nitrogens with one attached hydrogen (secondary N) is 1. The minimum atomic E-state index is -1.66. The maximum atomic E-state index is 11.4. The van der Waals surface area contributed by atoms with E-state index in [1.54, 1.807) is 0 Å². The van der Waals surface area contributed by atoms with Crippen LogP contribution >= 0.6 is 0 Å². The first-order chi connectivity index (χ1) is 10.7. The van der Waals surface area contributed by atoms with Gasteiger partial charge in [-0.25, -0.2) is 9.79 Å². The van der Waals surface area contributed by atoms with E-state index in [9.17, 15) is 19.8 Å². The van der Waals surface area contributed by atoms with E-state index in [4.69, 9.17) is 26.4 Å². The van der Waals surface area contributed by atoms with Crippen molar-refractivity contribution in [3.63, 3.8) is 0 Å². The van der Waals surface area contributed by atoms with E-state index in [0.29, 0.717) is 0 Å². The Labute approximate surface area is 131 Å². The molecule has 1 amide bonds. The molecule has 1 rings (SSSR count). The second-order valence-electron chi connectivity index (χ2n) is 5.25. The zero-order valence-corrected chi connectivity index (χ0v) is 12.5. The summed E-state index contributed by atoms with van der Waals surface area (Å²) in [6.45, 7) is 0.431. The third-order valence-corrected chi connectivity index (χ3v) is 3.42. The maximum absolute atomic E-state index is 11.4. The normalized spacial score (nSPS) is 30.1. The van der Waals surface area contributed by atoms with E-state index in [-0.39, 0.29) is 12.4 Å². The first-order valence-corrected chi connectivity index (χ1v) is 6.88. The number of nitrogens with two attached hydrogens (primary N) is 2. The SMILES string of the molecule is CC(=O)N[C@H]1[C@H]([C@H](O)[C@H](O)CO)O[C@H](C(=O)O)C[C@@H]1N=C(N)N. The molecule has 0 unspecified atom stereocenters. The van der Waals surface area contributed by atoms with E-state index in [2.05, 4.69) is 10.3 Å². The number of carbonyl (C=O) groups is 2. The molecule has 132 valence electrons. The molecule has 1 saturated heterocycles. The fraction of sp³-hybridized carbons (Fsp3) is 0.750. The van der Waals surface area contributed by atoms with Crippen molar-refractivity contribution in [1.82, 2.24) is 5.32 Å². The van der Waals surface area contributed by atoms with Crippen LogP contribution in [-0.4, -0.2) is 81.4 Å². The molecule has 0 aromatic carbocycles. The standard InChI is InChI=1S/C12H22N4O7/c1-4(18)15-8-5(16-12(13)14)2-7(11(21)22)23-10(8)9(20)6(19)3-17/h5-10,17,19-20H,2-3H2,1H3,(H,15,18)(H,21,22)(H4,13,14,16)/t5-,6+,7-,8+,9+,10+/m0/s1. The summed E-state index contributed by atoms with van der Waals surface area (Å²) in [4.78, 5) is 26.5. The summed E-state index contributed by atoms with van der Waals surface area (Å²) in [6, 6.07) is -1.87. The lowest BCUT2D eigenvalue weighted by Crippen LogP contribution is -2.63. The Balaban J connectivity index is 3.18. The number of hydrogen-bond acceptors (Lipinski definition) is 7. The molecule has 0 aromatic rings. The lowest BCUT2D eigenvalue weighted by atomic mass is 9.88. The summed E-state index contributed by atoms with van der Waals surface area (Å²) >= 11 is 0. The Morgan fingerprint density at radius 2 is 2.00 bits per heavy atom. The number of rotatable bonds is 6. The summed E-state index contributed by atoms with van der Waals surface area (Å²) < 4.78 is 5.27. The predicted molar refractivity (Wildman–Crippen MR) is 77.2 cm³/mol. The van der Waals surface area contributed by atoms with Gasteiger partial charge >= 0.3 is 5.97 Å². The number of carboxylic acids is 1. The van der Waals surface area contributed by atoms with Gasteiger partial charge in [-0.3, -0.25) is 4.79 Å². The topological polar surface area (TPSA) is 201 Å². The van der Waals surface area contributed by atoms with E-state index < -0.39 is 55.0 Å². The van der Waals surface area contributed by atoms with Crippen LogP contribution < -0.4 is 16.8 Å². The van der Waals surface area contributed by atoms with Crippen LogP contribution in [0.25, 0.3) is 0 Å². The summed E-state index contributed by atoms with van der Waals surface area (Å²) in [5.41, 5.74) is 10.6. The van der Waals surface area contributed by atoms with Gasteiger partial charge in [-0.2, -0.15) is 0 Å². The highest BCUT2D eigenvalue weighted by Gasteiger charge is 2.46. The van der Waals surface area contributed by atoms with Crippen LogP contribution in [0.4, 0.5) is 0 Å². The van der Waals surface area contributed by atoms with Crippen molar-refractivity contribution in [2.45, 2.75) is 49.8 Å². The monoisotopic (exact) mass is 334 g/mol. The number of ether oxygens (including phenoxy) is 1. The van der Waals surface area contributed by atoms with E-state index in [1.807, 2.05) is 0 Å². The van der Waals surface area contributed by atoms with Crippen LogP contribution in [0, 0.1) is 0 Å². The smallest absolute Gasteiger partial charge is 0.332 e. The molecule has 9 N–H and O–H groups in total. The summed E-state index contributed by atoms with van der Waals surface area (Å²) in [5, 5.41) is 40.3. The fourth-order valence-electron chi connectivity index (χ4n) is 2.43. The summed E-state index contributed by atoms with van der Waals surface area (Å²) in [5.74, 6) is -2.12. The molecule has 1 aliphatic heterocycles. The summed E-state index contributed by atoms with van der Waals surface area (Å²) in [6.07, 6.45) is -6.07. The lowest BCUT2D eigenvalue weighted by Gasteiger charge is -2.42. The minimum absolute atomic E-state index is 0.142. The van der Waals surface area contributed by atoms with Gasteiger partial charge in [-0.15, -0.1) is 0 Å². The molecule has 1 heterocycles. The van der Waals surface area contributed by atoms with E-state index >= 15 is 0 Å². The second-order valence-corrected chi connectivity index (χ2v) is 5.25. The molecule has 0 aromatic heterocycles. The number of aliphatic hydroxyl groups is 3. The number of aliphatic carboxylic acids is 1. The van der Waals surface area contributed by atoms with E-state index in [1.165, 1.54) is 6.92 Å². The first kappa shape index (κ1) is 19.1. The van der Waals surface area contributed by atoms with Gasteiger partial charge in [-0.05, 0) is 0 Å². The van der Waals surface area contributed by atoms with Crippen LogP contribution in [0.1, 0.15) is 13.3 Å². The van der Waals surface area contributed by atoms with Gasteiger partial charge in [0.25, 0.3) is 0 Å². The van der Waals surface area contributed by atoms with Crippen molar-refractivity contribution in [2.24, 2.45) is 16.5 Å². The molecule has 0 saturated carbocycles. The molecule has 0 bridgehead atoms. The largest absolute Gasteiger partial charge is 0.479 e. The number of aliphatic hydroxyl groups excluding tert-OH is 3. The van der Waals surface area contributed by atoms with Gasteiger partial charge in [-0.1, -0.05) is 0 Å². The van der Waals surface area contributed by atoms with Crippen LogP contribution in [0.3, 0.4) is 0 Å². The van der Waals surface area contributed by atoms with Crippen LogP contribution in [0.2, 0.25) is 0 Å². The maximum Gasteiger partial charge on any atom is 0.332 e. The second kappa shape index (κ2) is 8.06. The first-order valence-electron chi connectivity index (χ1n) is 6.88. The van der Waals surface area contributed by atoms with Gasteiger partial charge in [0, 0.05) is 13.3 Å². The molecule has 0 radical (unpaired) electrons. The molecule has 23 heavy (non-hydrogen) atoms. The number of carbonyl (C=O) groups excluding carboxylic acids is 1. The Hall–Kier alpha value is -1.95. The zero-order valence-electron chi connectivity index (χ0n) is 12.5. The Morgan fingerprint density at radius 3 is 2.43 bits per heavy atom. The highest BCUT2D eigenvalue weighted by atomic mass is 16.5. The van der Waals surface area contributed by atoms with Crippen LogP contribution in [-0.2, 0) is 14.3 Å². The third kappa shape index (κ3) is 5.03. The van der Waals surface area contributed by atoms with Gasteiger partial charge in [0.1, 0.15) is 18.3 Å². The Morgan fingerprint density at radius 1 is 1.39 bits per heavy atom. The summed E-state index contributed by atoms with van der Waals surface area (Å²) in [7, 11) is 0. The highest BCUT2D eigenvalue weighted by molar-refractivity contribution is 5.77. The molecular formula is C12H22N4O7. The highest BCUT2D eigenvalue weighted by Crippen LogP contribution is 2.26. The van der Waals surface area contributed by atoms with Gasteiger partial charge in [0.05, 0.1) is 18.7 Å². The number of aliphatic imine (C=N–C) groups is 1. The van der Waals surface area contributed by atoms with E-state index in [0.717, 1.165) is 0 Å². The Kier molecular flexibility index (Phi) is 6.69. The lowest BCUT2D eigenvalue weighted by molar-refractivity contribution is -0.182. The number of carboxylic acid groups (broad SMARTS) is 1.